The maximum absolute atomic E-state index is 10.1. The number of nitrogens with one attached hydrogen (secondary N) is 1. The second kappa shape index (κ2) is 5.67. The minimum absolute atomic E-state index is 0.0316. The quantitative estimate of drug-likeness (QED) is 0.885. The zero-order valence-electron chi connectivity index (χ0n) is 12.1. The molecule has 20 heavy (non-hydrogen) atoms. The van der Waals surface area contributed by atoms with E-state index in [4.69, 9.17) is 4.74 Å². The summed E-state index contributed by atoms with van der Waals surface area (Å²) in [6.45, 7) is 6.57. The predicted molar refractivity (Wildman–Crippen MR) is 77.7 cm³/mol. The van der Waals surface area contributed by atoms with Crippen molar-refractivity contribution in [2.75, 3.05) is 13.2 Å². The van der Waals surface area contributed by atoms with Crippen LogP contribution >= 0.6 is 11.3 Å². The zero-order valence-corrected chi connectivity index (χ0v) is 12.9. The van der Waals surface area contributed by atoms with E-state index in [0.717, 1.165) is 49.0 Å². The molecule has 1 aromatic heterocycles. The molecule has 1 aliphatic carbocycles. The zero-order chi connectivity index (χ0) is 14.2. The Morgan fingerprint density at radius 2 is 2.15 bits per heavy atom. The molecule has 0 radical (unpaired) electrons. The number of aliphatic hydroxyl groups excluding tert-OH is 1. The Morgan fingerprint density at radius 1 is 1.40 bits per heavy atom. The fraction of sp³-hybridized carbons (Fsp3) is 0.857. The molecule has 2 aliphatic rings. The Balaban J connectivity index is 1.58. The second-order valence-electron chi connectivity index (χ2n) is 6.22. The Labute approximate surface area is 123 Å². The number of nitrogens with zero attached hydrogens (tertiary/aromatic N) is 2. The average molecular weight is 297 g/mol. The fourth-order valence-corrected chi connectivity index (χ4v) is 4.06. The Bertz CT molecular complexity index is 457. The molecule has 0 unspecified atom stereocenters. The van der Waals surface area contributed by atoms with Crippen molar-refractivity contribution in [1.82, 2.24) is 15.5 Å². The standard InChI is InChI=1S/C14H23N3O2S/c1-9(2)13-17-16-12(20-13)8-15-10-7-11(18)14(10)3-5-19-6-4-14/h9-11,15,18H,3-8H2,1-2H3/t10-,11-/m1/s1. The van der Waals surface area contributed by atoms with Crippen LogP contribution < -0.4 is 5.32 Å². The lowest BCUT2D eigenvalue weighted by atomic mass is 9.58. The van der Waals surface area contributed by atoms with Gasteiger partial charge in [0.15, 0.2) is 0 Å². The van der Waals surface area contributed by atoms with Crippen LogP contribution in [-0.2, 0) is 11.3 Å². The fourth-order valence-electron chi connectivity index (χ4n) is 3.27. The third kappa shape index (κ3) is 2.50. The van der Waals surface area contributed by atoms with Crippen LogP contribution in [0.25, 0.3) is 0 Å². The molecule has 1 spiro atoms. The second-order valence-corrected chi connectivity index (χ2v) is 7.31. The molecule has 2 fully saturated rings. The van der Waals surface area contributed by atoms with Crippen LogP contribution in [0.15, 0.2) is 0 Å². The maximum Gasteiger partial charge on any atom is 0.131 e. The van der Waals surface area contributed by atoms with Crippen molar-refractivity contribution < 1.29 is 9.84 Å². The van der Waals surface area contributed by atoms with E-state index < -0.39 is 0 Å². The topological polar surface area (TPSA) is 67.3 Å². The van der Waals surface area contributed by atoms with E-state index in [1.807, 2.05) is 0 Å². The average Bonchev–Trinajstić information content (AvgIpc) is 2.93. The molecule has 2 atom stereocenters. The van der Waals surface area contributed by atoms with Crippen LogP contribution in [0.2, 0.25) is 0 Å². The van der Waals surface area contributed by atoms with Crippen molar-refractivity contribution in [3.05, 3.63) is 10.0 Å². The van der Waals surface area contributed by atoms with E-state index in [1.54, 1.807) is 11.3 Å². The van der Waals surface area contributed by atoms with Crippen molar-refractivity contribution in [3.8, 4) is 0 Å². The molecule has 0 aromatic carbocycles. The third-order valence-electron chi connectivity index (χ3n) is 4.72. The van der Waals surface area contributed by atoms with Gasteiger partial charge in [0, 0.05) is 37.1 Å². The SMILES string of the molecule is CC(C)c1nnc(CN[C@@H]2C[C@@H](O)C23CCOCC3)s1. The van der Waals surface area contributed by atoms with Crippen molar-refractivity contribution in [2.24, 2.45) is 5.41 Å². The van der Waals surface area contributed by atoms with Crippen molar-refractivity contribution >= 4 is 11.3 Å². The number of hydrogen-bond donors (Lipinski definition) is 2. The summed E-state index contributed by atoms with van der Waals surface area (Å²) in [7, 11) is 0. The number of rotatable bonds is 4. The molecule has 1 saturated carbocycles. The van der Waals surface area contributed by atoms with Crippen LogP contribution in [0.4, 0.5) is 0 Å². The van der Waals surface area contributed by atoms with Gasteiger partial charge in [-0.2, -0.15) is 0 Å². The summed E-state index contributed by atoms with van der Waals surface area (Å²) in [4.78, 5) is 0. The summed E-state index contributed by atoms with van der Waals surface area (Å²) >= 11 is 1.68. The van der Waals surface area contributed by atoms with E-state index >= 15 is 0 Å². The van der Waals surface area contributed by atoms with Crippen molar-refractivity contribution in [1.29, 1.82) is 0 Å². The van der Waals surface area contributed by atoms with E-state index in [1.165, 1.54) is 0 Å². The third-order valence-corrected chi connectivity index (χ3v) is 5.94. The van der Waals surface area contributed by atoms with Gasteiger partial charge in [-0.25, -0.2) is 0 Å². The van der Waals surface area contributed by atoms with Gasteiger partial charge < -0.3 is 15.2 Å². The summed E-state index contributed by atoms with van der Waals surface area (Å²) in [6, 6.07) is 0.382. The normalized spacial score (nSPS) is 28.8. The predicted octanol–water partition coefficient (Wildman–Crippen LogP) is 1.68. The van der Waals surface area contributed by atoms with E-state index in [-0.39, 0.29) is 11.5 Å². The summed E-state index contributed by atoms with van der Waals surface area (Å²) in [5.41, 5.74) is 0.0316. The van der Waals surface area contributed by atoms with Gasteiger partial charge in [-0.15, -0.1) is 10.2 Å². The van der Waals surface area contributed by atoms with Gasteiger partial charge in [0.05, 0.1) is 6.10 Å². The number of hydrogen-bond acceptors (Lipinski definition) is 6. The molecule has 6 heteroatoms. The monoisotopic (exact) mass is 297 g/mol. The summed E-state index contributed by atoms with van der Waals surface area (Å²) < 4.78 is 5.43. The Hall–Kier alpha value is -0.560. The van der Waals surface area contributed by atoms with Gasteiger partial charge in [-0.1, -0.05) is 25.2 Å². The first-order valence-electron chi connectivity index (χ1n) is 7.43. The summed E-state index contributed by atoms with van der Waals surface area (Å²) in [6.07, 6.45) is 2.58. The lowest BCUT2D eigenvalue weighted by Gasteiger charge is -2.55. The van der Waals surface area contributed by atoms with Crippen LogP contribution in [-0.4, -0.2) is 40.7 Å². The Morgan fingerprint density at radius 3 is 2.75 bits per heavy atom. The van der Waals surface area contributed by atoms with Gasteiger partial charge >= 0.3 is 0 Å². The highest BCUT2D eigenvalue weighted by Gasteiger charge is 2.54. The van der Waals surface area contributed by atoms with Crippen LogP contribution in [0.5, 0.6) is 0 Å². The molecule has 1 aromatic rings. The molecular weight excluding hydrogens is 274 g/mol. The highest BCUT2D eigenvalue weighted by Crippen LogP contribution is 2.49. The van der Waals surface area contributed by atoms with E-state index in [2.05, 4.69) is 29.4 Å². The Kier molecular flexibility index (Phi) is 4.08. The number of ether oxygens (including phenoxy) is 1. The molecule has 112 valence electrons. The molecule has 0 amide bonds. The van der Waals surface area contributed by atoms with Gasteiger partial charge in [0.1, 0.15) is 10.0 Å². The van der Waals surface area contributed by atoms with E-state index in [0.29, 0.717) is 12.0 Å². The lowest BCUT2D eigenvalue weighted by molar-refractivity contribution is -0.149. The molecule has 1 saturated heterocycles. The highest BCUT2D eigenvalue weighted by atomic mass is 32.1. The van der Waals surface area contributed by atoms with Crippen LogP contribution in [0.1, 0.15) is 49.0 Å². The van der Waals surface area contributed by atoms with Gasteiger partial charge in [0.2, 0.25) is 0 Å². The number of aliphatic hydroxyl groups is 1. The molecule has 2 N–H and O–H groups in total. The first-order valence-corrected chi connectivity index (χ1v) is 8.25. The first-order chi connectivity index (χ1) is 9.62. The van der Waals surface area contributed by atoms with Gasteiger partial charge in [-0.05, 0) is 19.3 Å². The summed E-state index contributed by atoms with van der Waals surface area (Å²) in [5.74, 6) is 0.439. The molecule has 5 nitrogen and oxygen atoms in total. The van der Waals surface area contributed by atoms with Gasteiger partial charge in [0.25, 0.3) is 0 Å². The molecule has 2 heterocycles. The molecule has 0 bridgehead atoms. The van der Waals surface area contributed by atoms with Crippen LogP contribution in [0, 0.1) is 5.41 Å². The first kappa shape index (κ1) is 14.4. The molecule has 1 aliphatic heterocycles. The van der Waals surface area contributed by atoms with Gasteiger partial charge in [-0.3, -0.25) is 0 Å². The van der Waals surface area contributed by atoms with Crippen LogP contribution in [0.3, 0.4) is 0 Å². The smallest absolute Gasteiger partial charge is 0.131 e. The maximum atomic E-state index is 10.1. The lowest BCUT2D eigenvalue weighted by Crippen LogP contribution is -2.64. The molecular formula is C14H23N3O2S. The van der Waals surface area contributed by atoms with E-state index in [9.17, 15) is 5.11 Å². The van der Waals surface area contributed by atoms with Crippen molar-refractivity contribution in [3.63, 3.8) is 0 Å². The number of aromatic nitrogens is 2. The largest absolute Gasteiger partial charge is 0.392 e. The minimum Gasteiger partial charge on any atom is -0.392 e. The minimum atomic E-state index is -0.176. The molecule has 3 rings (SSSR count). The highest BCUT2D eigenvalue weighted by molar-refractivity contribution is 7.11. The summed E-state index contributed by atoms with van der Waals surface area (Å²) in [5, 5.41) is 24.3. The van der Waals surface area contributed by atoms with Crippen molar-refractivity contribution in [2.45, 2.75) is 57.7 Å².